The number of carbonyl (C=O) groups excluding carboxylic acids is 1. The molecule has 1 aromatic rings. The molecule has 1 fully saturated rings. The van der Waals surface area contributed by atoms with E-state index in [1.54, 1.807) is 18.2 Å². The minimum absolute atomic E-state index is 0.00346. The number of hydrogen-bond donors (Lipinski definition) is 2. The number of amides is 1. The van der Waals surface area contributed by atoms with E-state index in [9.17, 15) is 4.79 Å². The number of aromatic nitrogens is 1. The minimum atomic E-state index is -0.00346. The van der Waals surface area contributed by atoms with Gasteiger partial charge in [0.05, 0.1) is 0 Å². The summed E-state index contributed by atoms with van der Waals surface area (Å²) in [6, 6.07) is 5.16. The van der Waals surface area contributed by atoms with Gasteiger partial charge in [-0.1, -0.05) is 17.7 Å². The van der Waals surface area contributed by atoms with Gasteiger partial charge in [-0.2, -0.15) is 0 Å². The highest BCUT2D eigenvalue weighted by Crippen LogP contribution is 2.12. The molecule has 1 amide bonds. The molecule has 1 aromatic heterocycles. The summed E-state index contributed by atoms with van der Waals surface area (Å²) in [5, 5.41) is 6.23. The van der Waals surface area contributed by atoms with Gasteiger partial charge >= 0.3 is 0 Å². The van der Waals surface area contributed by atoms with E-state index >= 15 is 0 Å². The lowest BCUT2D eigenvalue weighted by molar-refractivity contribution is -0.117. The second kappa shape index (κ2) is 4.59. The summed E-state index contributed by atoms with van der Waals surface area (Å²) in [4.78, 5) is 15.5. The molecule has 1 saturated heterocycles. The molecular weight excluding hydrogens is 214 g/mol. The monoisotopic (exact) mass is 225 g/mol. The van der Waals surface area contributed by atoms with Gasteiger partial charge in [0.1, 0.15) is 11.0 Å². The zero-order valence-corrected chi connectivity index (χ0v) is 8.92. The highest BCUT2D eigenvalue weighted by atomic mass is 35.5. The van der Waals surface area contributed by atoms with Gasteiger partial charge in [0.15, 0.2) is 0 Å². The van der Waals surface area contributed by atoms with Crippen LogP contribution in [0, 0.1) is 5.92 Å². The predicted molar refractivity (Wildman–Crippen MR) is 58.9 cm³/mol. The van der Waals surface area contributed by atoms with Crippen LogP contribution in [-0.2, 0) is 4.79 Å². The van der Waals surface area contributed by atoms with Crippen molar-refractivity contribution in [2.24, 2.45) is 5.92 Å². The number of halogens is 1. The highest BCUT2D eigenvalue weighted by molar-refractivity contribution is 6.29. The minimum Gasteiger partial charge on any atom is -0.316 e. The highest BCUT2D eigenvalue weighted by Gasteiger charge is 2.20. The Bertz CT molecular complexity index is 365. The average molecular weight is 226 g/mol. The Labute approximate surface area is 93.0 Å². The maximum absolute atomic E-state index is 11.5. The number of nitrogens with zero attached hydrogens (tertiary/aromatic N) is 1. The Balaban J connectivity index is 1.87. The Morgan fingerprint density at radius 2 is 2.40 bits per heavy atom. The van der Waals surface area contributed by atoms with E-state index in [1.807, 2.05) is 0 Å². The standard InChI is InChI=1S/C10H12ClN3O/c11-8-2-1-3-9(13-8)14-10(15)4-7-5-12-6-7/h1-3,7,12H,4-6H2,(H,13,14,15). The Kier molecular flexibility index (Phi) is 3.18. The van der Waals surface area contributed by atoms with Gasteiger partial charge in [-0.15, -0.1) is 0 Å². The molecule has 0 aliphatic carbocycles. The van der Waals surface area contributed by atoms with E-state index in [1.165, 1.54) is 0 Å². The predicted octanol–water partition coefficient (Wildman–Crippen LogP) is 1.28. The number of anilines is 1. The van der Waals surface area contributed by atoms with Crippen LogP contribution in [0.15, 0.2) is 18.2 Å². The fraction of sp³-hybridized carbons (Fsp3) is 0.400. The molecule has 0 saturated carbocycles. The van der Waals surface area contributed by atoms with Crippen molar-refractivity contribution < 1.29 is 4.79 Å². The first kappa shape index (κ1) is 10.4. The van der Waals surface area contributed by atoms with Crippen molar-refractivity contribution in [1.29, 1.82) is 0 Å². The lowest BCUT2D eigenvalue weighted by atomic mass is 9.99. The van der Waals surface area contributed by atoms with Crippen LogP contribution in [-0.4, -0.2) is 24.0 Å². The lowest BCUT2D eigenvalue weighted by Crippen LogP contribution is -2.43. The molecule has 2 rings (SSSR count). The zero-order valence-electron chi connectivity index (χ0n) is 8.16. The summed E-state index contributed by atoms with van der Waals surface area (Å²) < 4.78 is 0. The molecule has 2 N–H and O–H groups in total. The first-order valence-corrected chi connectivity index (χ1v) is 5.25. The van der Waals surface area contributed by atoms with E-state index in [0.29, 0.717) is 23.3 Å². The number of nitrogens with one attached hydrogen (secondary N) is 2. The third-order valence-corrected chi connectivity index (χ3v) is 2.53. The van der Waals surface area contributed by atoms with Gasteiger partial charge in [0.25, 0.3) is 0 Å². The van der Waals surface area contributed by atoms with Crippen molar-refractivity contribution in [2.45, 2.75) is 6.42 Å². The van der Waals surface area contributed by atoms with Gasteiger partial charge in [0.2, 0.25) is 5.91 Å². The number of pyridine rings is 1. The van der Waals surface area contributed by atoms with Crippen LogP contribution in [0.5, 0.6) is 0 Å². The van der Waals surface area contributed by atoms with Crippen LogP contribution >= 0.6 is 11.6 Å². The molecule has 0 atom stereocenters. The maximum Gasteiger partial charge on any atom is 0.225 e. The maximum atomic E-state index is 11.5. The Hall–Kier alpha value is -1.13. The molecule has 0 spiro atoms. The van der Waals surface area contributed by atoms with Gasteiger partial charge < -0.3 is 10.6 Å². The van der Waals surface area contributed by atoms with Crippen LogP contribution in [0.4, 0.5) is 5.82 Å². The van der Waals surface area contributed by atoms with Gasteiger partial charge in [-0.05, 0) is 31.1 Å². The van der Waals surface area contributed by atoms with E-state index in [0.717, 1.165) is 13.1 Å². The molecule has 15 heavy (non-hydrogen) atoms. The molecule has 1 aliphatic heterocycles. The van der Waals surface area contributed by atoms with Crippen LogP contribution in [0.1, 0.15) is 6.42 Å². The average Bonchev–Trinajstić information content (AvgIpc) is 2.11. The van der Waals surface area contributed by atoms with E-state index in [4.69, 9.17) is 11.6 Å². The molecule has 0 unspecified atom stereocenters. The van der Waals surface area contributed by atoms with Gasteiger partial charge in [-0.3, -0.25) is 4.79 Å². The van der Waals surface area contributed by atoms with Crippen LogP contribution in [0.2, 0.25) is 5.15 Å². The second-order valence-electron chi connectivity index (χ2n) is 3.62. The molecule has 1 aliphatic rings. The summed E-state index contributed by atoms with van der Waals surface area (Å²) >= 11 is 5.70. The molecule has 0 radical (unpaired) electrons. The van der Waals surface area contributed by atoms with Crippen molar-refractivity contribution in [2.75, 3.05) is 18.4 Å². The second-order valence-corrected chi connectivity index (χ2v) is 4.01. The topological polar surface area (TPSA) is 54.0 Å². The summed E-state index contributed by atoms with van der Waals surface area (Å²) in [6.07, 6.45) is 0.543. The van der Waals surface area contributed by atoms with Crippen LogP contribution in [0.25, 0.3) is 0 Å². The molecule has 4 nitrogen and oxygen atoms in total. The fourth-order valence-electron chi connectivity index (χ4n) is 1.43. The molecule has 80 valence electrons. The number of carbonyl (C=O) groups is 1. The molecule has 5 heteroatoms. The van der Waals surface area contributed by atoms with Crippen molar-refractivity contribution >= 4 is 23.3 Å². The van der Waals surface area contributed by atoms with Crippen LogP contribution in [0.3, 0.4) is 0 Å². The van der Waals surface area contributed by atoms with Crippen molar-refractivity contribution in [3.63, 3.8) is 0 Å². The lowest BCUT2D eigenvalue weighted by Gasteiger charge is -2.26. The third-order valence-electron chi connectivity index (χ3n) is 2.32. The third kappa shape index (κ3) is 2.91. The molecular formula is C10H12ClN3O. The largest absolute Gasteiger partial charge is 0.316 e. The normalized spacial score (nSPS) is 15.8. The van der Waals surface area contributed by atoms with Crippen molar-refractivity contribution in [3.8, 4) is 0 Å². The van der Waals surface area contributed by atoms with E-state index < -0.39 is 0 Å². The van der Waals surface area contributed by atoms with Crippen LogP contribution < -0.4 is 10.6 Å². The fourth-order valence-corrected chi connectivity index (χ4v) is 1.59. The first-order chi connectivity index (χ1) is 7.24. The number of rotatable bonds is 3. The first-order valence-electron chi connectivity index (χ1n) is 4.87. The molecule has 0 bridgehead atoms. The summed E-state index contributed by atoms with van der Waals surface area (Å²) in [5.41, 5.74) is 0. The smallest absolute Gasteiger partial charge is 0.225 e. The molecule has 2 heterocycles. The Morgan fingerprint density at radius 3 is 3.00 bits per heavy atom. The van der Waals surface area contributed by atoms with E-state index in [2.05, 4.69) is 15.6 Å². The van der Waals surface area contributed by atoms with Gasteiger partial charge in [-0.25, -0.2) is 4.98 Å². The van der Waals surface area contributed by atoms with Gasteiger partial charge in [0, 0.05) is 6.42 Å². The molecule has 0 aromatic carbocycles. The number of hydrogen-bond acceptors (Lipinski definition) is 3. The zero-order chi connectivity index (χ0) is 10.7. The van der Waals surface area contributed by atoms with Crippen molar-refractivity contribution in [3.05, 3.63) is 23.4 Å². The Morgan fingerprint density at radius 1 is 1.60 bits per heavy atom. The summed E-state index contributed by atoms with van der Waals surface area (Å²) in [5.74, 6) is 0.972. The summed E-state index contributed by atoms with van der Waals surface area (Å²) in [6.45, 7) is 1.85. The SMILES string of the molecule is O=C(CC1CNC1)Nc1cccc(Cl)n1. The summed E-state index contributed by atoms with van der Waals surface area (Å²) in [7, 11) is 0. The van der Waals surface area contributed by atoms with E-state index in [-0.39, 0.29) is 5.91 Å². The van der Waals surface area contributed by atoms with Crippen molar-refractivity contribution in [1.82, 2.24) is 10.3 Å². The quantitative estimate of drug-likeness (QED) is 0.763.